The van der Waals surface area contributed by atoms with Crippen molar-refractivity contribution in [3.63, 3.8) is 0 Å². The molecule has 0 saturated heterocycles. The summed E-state index contributed by atoms with van der Waals surface area (Å²) >= 11 is 0. The van der Waals surface area contributed by atoms with Crippen molar-refractivity contribution in [1.82, 2.24) is 0 Å². The average molecular weight is 433 g/mol. The Balaban J connectivity index is 1.99. The van der Waals surface area contributed by atoms with Crippen LogP contribution in [0.1, 0.15) is 22.6 Å². The van der Waals surface area contributed by atoms with Gasteiger partial charge in [-0.2, -0.15) is 18.4 Å². The van der Waals surface area contributed by atoms with Gasteiger partial charge in [-0.3, -0.25) is 4.31 Å². The first kappa shape index (κ1) is 19.8. The number of nitrogens with zero attached hydrogens (tertiary/aromatic N) is 2. The Morgan fingerprint density at radius 1 is 1.13 bits per heavy atom. The van der Waals surface area contributed by atoms with Gasteiger partial charge in [-0.15, -0.1) is 0 Å². The lowest BCUT2D eigenvalue weighted by Crippen LogP contribution is -2.37. The van der Waals surface area contributed by atoms with Crippen LogP contribution in [0.2, 0.25) is 0 Å². The van der Waals surface area contributed by atoms with Crippen molar-refractivity contribution in [2.24, 2.45) is 5.73 Å². The van der Waals surface area contributed by atoms with E-state index < -0.39 is 27.7 Å². The van der Waals surface area contributed by atoms with Crippen LogP contribution in [0.25, 0.3) is 5.76 Å². The lowest BCUT2D eigenvalue weighted by molar-refractivity contribution is -0.137. The molecule has 2 aliphatic rings. The smallest absolute Gasteiger partial charge is 0.416 e. The van der Waals surface area contributed by atoms with Crippen molar-refractivity contribution in [3.05, 3.63) is 81.6 Å². The molecule has 0 fully saturated rings. The molecule has 154 valence electrons. The minimum atomic E-state index is -4.55. The van der Waals surface area contributed by atoms with E-state index in [1.807, 2.05) is 6.07 Å². The highest BCUT2D eigenvalue weighted by molar-refractivity contribution is 7.96. The van der Waals surface area contributed by atoms with Gasteiger partial charge in [-0.25, -0.2) is 8.42 Å². The molecule has 0 unspecified atom stereocenters. The van der Waals surface area contributed by atoms with E-state index in [2.05, 4.69) is 0 Å². The molecule has 2 aromatic carbocycles. The summed E-state index contributed by atoms with van der Waals surface area (Å²) in [5, 5.41) is 9.62. The van der Waals surface area contributed by atoms with Gasteiger partial charge in [0.25, 0.3) is 10.0 Å². The molecule has 2 N–H and O–H groups in total. The number of sulfonamides is 1. The van der Waals surface area contributed by atoms with E-state index in [4.69, 9.17) is 10.5 Å². The number of allylic oxidation sites excluding steroid dienone is 2. The molecule has 10 heteroatoms. The van der Waals surface area contributed by atoms with E-state index in [0.29, 0.717) is 11.3 Å². The number of fused-ring (bicyclic) bond motifs is 2. The highest BCUT2D eigenvalue weighted by atomic mass is 32.2. The Hall–Kier alpha value is -3.45. The number of rotatable bonds is 1. The van der Waals surface area contributed by atoms with Crippen LogP contribution in [-0.2, 0) is 20.9 Å². The fourth-order valence-corrected chi connectivity index (χ4v) is 5.24. The number of benzene rings is 2. The molecule has 6 nitrogen and oxygen atoms in total. The molecule has 0 saturated carbocycles. The Bertz CT molecular complexity index is 1260. The molecular formula is C20H14F3N3O3S. The third-order valence-corrected chi connectivity index (χ3v) is 6.96. The number of halogens is 3. The normalized spacial score (nSPS) is 20.2. The Kier molecular flexibility index (Phi) is 4.32. The molecule has 0 aromatic heterocycles. The summed E-state index contributed by atoms with van der Waals surface area (Å²) in [6.45, 7) is 0. The SMILES string of the molecule is CN1c2ccccc2C2=C([C@H](c3ccc(C(F)(F)F)cc3)C(C#N)=C(N)O2)S1(=O)=O. The minimum Gasteiger partial charge on any atom is -0.439 e. The van der Waals surface area contributed by atoms with Gasteiger partial charge in [0.15, 0.2) is 5.76 Å². The average Bonchev–Trinajstić information content (AvgIpc) is 2.71. The highest BCUT2D eigenvalue weighted by Crippen LogP contribution is 2.50. The number of hydrogen-bond donors (Lipinski definition) is 1. The third kappa shape index (κ3) is 2.81. The second kappa shape index (κ2) is 6.53. The van der Waals surface area contributed by atoms with Gasteiger partial charge in [-0.1, -0.05) is 24.3 Å². The molecule has 1 atom stereocenters. The van der Waals surface area contributed by atoms with Gasteiger partial charge in [0.05, 0.1) is 17.2 Å². The maximum Gasteiger partial charge on any atom is 0.416 e. The van der Waals surface area contributed by atoms with E-state index in [1.165, 1.54) is 7.05 Å². The van der Waals surface area contributed by atoms with Gasteiger partial charge >= 0.3 is 6.18 Å². The van der Waals surface area contributed by atoms with Crippen LogP contribution in [0, 0.1) is 11.3 Å². The molecule has 2 aromatic rings. The summed E-state index contributed by atoms with van der Waals surface area (Å²) in [5.74, 6) is -1.54. The highest BCUT2D eigenvalue weighted by Gasteiger charge is 2.46. The summed E-state index contributed by atoms with van der Waals surface area (Å²) < 4.78 is 72.1. The first-order valence-electron chi connectivity index (χ1n) is 8.64. The molecular weight excluding hydrogens is 419 g/mol. The quantitative estimate of drug-likeness (QED) is 0.740. The number of nitriles is 1. The topological polar surface area (TPSA) is 96.4 Å². The van der Waals surface area contributed by atoms with Crippen LogP contribution in [0.15, 0.2) is 64.9 Å². The number of anilines is 1. The Morgan fingerprint density at radius 3 is 2.37 bits per heavy atom. The van der Waals surface area contributed by atoms with E-state index in [-0.39, 0.29) is 27.7 Å². The largest absolute Gasteiger partial charge is 0.439 e. The fraction of sp³-hybridized carbons (Fsp3) is 0.150. The van der Waals surface area contributed by atoms with Gasteiger partial charge in [0, 0.05) is 12.6 Å². The van der Waals surface area contributed by atoms with Crippen LogP contribution in [0.3, 0.4) is 0 Å². The van der Waals surface area contributed by atoms with Crippen molar-refractivity contribution in [3.8, 4) is 6.07 Å². The molecule has 0 bridgehead atoms. The van der Waals surface area contributed by atoms with Gasteiger partial charge in [0.1, 0.15) is 16.5 Å². The predicted octanol–water partition coefficient (Wildman–Crippen LogP) is 3.66. The van der Waals surface area contributed by atoms with Crippen molar-refractivity contribution in [2.45, 2.75) is 12.1 Å². The Morgan fingerprint density at radius 2 is 1.77 bits per heavy atom. The molecule has 30 heavy (non-hydrogen) atoms. The van der Waals surface area contributed by atoms with Crippen LogP contribution in [-0.4, -0.2) is 15.5 Å². The second-order valence-corrected chi connectivity index (χ2v) is 8.67. The molecule has 0 spiro atoms. The number of nitrogens with two attached hydrogens (primary N) is 1. The van der Waals surface area contributed by atoms with E-state index in [0.717, 1.165) is 28.6 Å². The lowest BCUT2D eigenvalue weighted by atomic mass is 9.88. The second-order valence-electron chi connectivity index (χ2n) is 6.73. The number of ether oxygens (including phenoxy) is 1. The molecule has 0 aliphatic carbocycles. The van der Waals surface area contributed by atoms with Crippen molar-refractivity contribution < 1.29 is 26.3 Å². The summed E-state index contributed by atoms with van der Waals surface area (Å²) in [6, 6.07) is 12.4. The Labute approximate surface area is 170 Å². The molecule has 0 radical (unpaired) electrons. The zero-order chi connectivity index (χ0) is 21.8. The van der Waals surface area contributed by atoms with E-state index >= 15 is 0 Å². The fourth-order valence-electron chi connectivity index (χ4n) is 3.59. The van der Waals surface area contributed by atoms with Gasteiger partial charge in [-0.05, 0) is 29.8 Å². The monoisotopic (exact) mass is 433 g/mol. The molecule has 4 rings (SSSR count). The number of alkyl halides is 3. The summed E-state index contributed by atoms with van der Waals surface area (Å²) in [5.41, 5.74) is 5.81. The van der Waals surface area contributed by atoms with E-state index in [9.17, 15) is 26.9 Å². The minimum absolute atomic E-state index is 0.0369. The van der Waals surface area contributed by atoms with Crippen molar-refractivity contribution >= 4 is 21.5 Å². The molecule has 0 amide bonds. The van der Waals surface area contributed by atoms with Gasteiger partial charge < -0.3 is 10.5 Å². The third-order valence-electron chi connectivity index (χ3n) is 5.07. The van der Waals surface area contributed by atoms with Gasteiger partial charge in [0.2, 0.25) is 5.88 Å². The van der Waals surface area contributed by atoms with Crippen LogP contribution in [0.4, 0.5) is 18.9 Å². The lowest BCUT2D eigenvalue weighted by Gasteiger charge is -2.36. The van der Waals surface area contributed by atoms with Crippen molar-refractivity contribution in [1.29, 1.82) is 5.26 Å². The summed E-state index contributed by atoms with van der Waals surface area (Å²) in [4.78, 5) is -0.241. The maximum atomic E-state index is 13.3. The molecule has 2 aliphatic heterocycles. The number of hydrogen-bond acceptors (Lipinski definition) is 5. The first-order chi connectivity index (χ1) is 14.1. The predicted molar refractivity (Wildman–Crippen MR) is 103 cm³/mol. The van der Waals surface area contributed by atoms with E-state index in [1.54, 1.807) is 24.3 Å². The standard InChI is InChI=1S/C20H14F3N3O3S/c1-26-15-5-3-2-4-13(15)17-18(30(26,27)28)16(14(10-24)19(25)29-17)11-6-8-12(9-7-11)20(21,22)23/h2-9,16H,25H2,1H3/t16-/m1/s1. The van der Waals surface area contributed by atoms with Crippen LogP contribution >= 0.6 is 0 Å². The maximum absolute atomic E-state index is 13.3. The van der Waals surface area contributed by atoms with Crippen LogP contribution in [0.5, 0.6) is 0 Å². The first-order valence-corrected chi connectivity index (χ1v) is 10.1. The summed E-state index contributed by atoms with van der Waals surface area (Å²) in [6.07, 6.45) is -4.55. The zero-order valence-electron chi connectivity index (χ0n) is 15.4. The zero-order valence-corrected chi connectivity index (χ0v) is 16.3. The molecule has 2 heterocycles. The summed E-state index contributed by atoms with van der Waals surface area (Å²) in [7, 11) is -2.80. The van der Waals surface area contributed by atoms with Crippen LogP contribution < -0.4 is 10.0 Å². The van der Waals surface area contributed by atoms with Crippen molar-refractivity contribution in [2.75, 3.05) is 11.4 Å². The number of para-hydroxylation sites is 1.